The Hall–Kier alpha value is -2.13. The predicted molar refractivity (Wildman–Crippen MR) is 78.8 cm³/mol. The lowest BCUT2D eigenvalue weighted by Crippen LogP contribution is -1.84. The summed E-state index contributed by atoms with van der Waals surface area (Å²) >= 11 is 1.60. The monoisotopic (exact) mass is 267 g/mol. The van der Waals surface area contributed by atoms with E-state index >= 15 is 0 Å². The van der Waals surface area contributed by atoms with Crippen LogP contribution in [0.2, 0.25) is 0 Å². The van der Waals surface area contributed by atoms with Gasteiger partial charge in [0.2, 0.25) is 0 Å². The topological polar surface area (TPSA) is 22.1 Å². The maximum atomic E-state index is 5.79. The average Bonchev–Trinajstić information content (AvgIpc) is 2.96. The second-order valence-corrected chi connectivity index (χ2v) is 5.03. The summed E-state index contributed by atoms with van der Waals surface area (Å²) in [6.07, 6.45) is 0. The van der Waals surface area contributed by atoms with Gasteiger partial charge < -0.3 is 4.74 Å². The molecule has 0 N–H and O–H groups in total. The molecule has 2 nitrogen and oxygen atoms in total. The Labute approximate surface area is 116 Å². The van der Waals surface area contributed by atoms with Crippen LogP contribution in [0.15, 0.2) is 59.4 Å². The zero-order valence-corrected chi connectivity index (χ0v) is 11.4. The minimum Gasteiger partial charge on any atom is -0.457 e. The van der Waals surface area contributed by atoms with Gasteiger partial charge in [0.25, 0.3) is 0 Å². The van der Waals surface area contributed by atoms with Crippen LogP contribution in [0.5, 0.6) is 11.5 Å². The Morgan fingerprint density at radius 3 is 2.11 bits per heavy atom. The van der Waals surface area contributed by atoms with Crippen LogP contribution in [0.25, 0.3) is 11.3 Å². The lowest BCUT2D eigenvalue weighted by Gasteiger charge is -2.06. The summed E-state index contributed by atoms with van der Waals surface area (Å²) in [7, 11) is 0. The molecule has 94 valence electrons. The van der Waals surface area contributed by atoms with Crippen LogP contribution in [-0.2, 0) is 0 Å². The molecule has 2 aromatic carbocycles. The average molecular weight is 267 g/mol. The normalized spacial score (nSPS) is 10.4. The van der Waals surface area contributed by atoms with E-state index in [2.05, 4.69) is 11.9 Å². The third kappa shape index (κ3) is 2.83. The zero-order valence-electron chi connectivity index (χ0n) is 10.5. The van der Waals surface area contributed by atoms with E-state index in [1.165, 1.54) is 5.56 Å². The summed E-state index contributed by atoms with van der Waals surface area (Å²) in [6, 6.07) is 16.0. The van der Waals surface area contributed by atoms with Crippen LogP contribution < -0.4 is 4.74 Å². The first-order chi connectivity index (χ1) is 9.31. The summed E-state index contributed by atoms with van der Waals surface area (Å²) in [4.78, 5) is 4.29. The molecule has 0 bridgehead atoms. The van der Waals surface area contributed by atoms with Gasteiger partial charge in [-0.3, -0.25) is 0 Å². The van der Waals surface area contributed by atoms with Gasteiger partial charge >= 0.3 is 0 Å². The Kier molecular flexibility index (Phi) is 3.29. The van der Waals surface area contributed by atoms with E-state index in [0.717, 1.165) is 22.8 Å². The first-order valence-electron chi connectivity index (χ1n) is 6.04. The van der Waals surface area contributed by atoms with Crippen molar-refractivity contribution in [1.29, 1.82) is 0 Å². The summed E-state index contributed by atoms with van der Waals surface area (Å²) in [5.41, 5.74) is 5.18. The molecule has 3 heteroatoms. The first-order valence-corrected chi connectivity index (χ1v) is 6.99. The summed E-state index contributed by atoms with van der Waals surface area (Å²) in [5, 5.41) is 2.04. The molecule has 1 heterocycles. The maximum absolute atomic E-state index is 5.79. The number of rotatable bonds is 3. The molecule has 3 rings (SSSR count). The van der Waals surface area contributed by atoms with Gasteiger partial charge in [0.05, 0.1) is 11.2 Å². The number of ether oxygens (including phenoxy) is 1. The van der Waals surface area contributed by atoms with Crippen LogP contribution in [0.3, 0.4) is 0 Å². The van der Waals surface area contributed by atoms with Gasteiger partial charge in [0.15, 0.2) is 0 Å². The van der Waals surface area contributed by atoms with Gasteiger partial charge in [-0.05, 0) is 43.3 Å². The van der Waals surface area contributed by atoms with Crippen molar-refractivity contribution in [3.8, 4) is 22.8 Å². The molecule has 0 aliphatic rings. The summed E-state index contributed by atoms with van der Waals surface area (Å²) in [6.45, 7) is 2.06. The Morgan fingerprint density at radius 1 is 0.895 bits per heavy atom. The van der Waals surface area contributed by atoms with Crippen LogP contribution in [0, 0.1) is 6.92 Å². The van der Waals surface area contributed by atoms with E-state index in [-0.39, 0.29) is 0 Å². The Bertz CT molecular complexity index is 642. The van der Waals surface area contributed by atoms with Gasteiger partial charge in [-0.2, -0.15) is 0 Å². The van der Waals surface area contributed by atoms with Crippen molar-refractivity contribution < 1.29 is 4.74 Å². The molecule has 0 aliphatic heterocycles. The highest BCUT2D eigenvalue weighted by atomic mass is 32.1. The lowest BCUT2D eigenvalue weighted by atomic mass is 10.2. The molecule has 1 aromatic heterocycles. The number of aryl methyl sites for hydroxylation is 1. The van der Waals surface area contributed by atoms with Gasteiger partial charge in [0, 0.05) is 10.9 Å². The van der Waals surface area contributed by atoms with E-state index < -0.39 is 0 Å². The van der Waals surface area contributed by atoms with Gasteiger partial charge in [-0.15, -0.1) is 11.3 Å². The van der Waals surface area contributed by atoms with Crippen molar-refractivity contribution in [2.75, 3.05) is 0 Å². The number of hydrogen-bond acceptors (Lipinski definition) is 3. The fourth-order valence-electron chi connectivity index (χ4n) is 1.79. The first kappa shape index (κ1) is 11.9. The van der Waals surface area contributed by atoms with Crippen molar-refractivity contribution in [1.82, 2.24) is 4.98 Å². The molecule has 3 aromatic rings. The number of hydrogen-bond donors (Lipinski definition) is 0. The van der Waals surface area contributed by atoms with Crippen molar-refractivity contribution in [3.05, 3.63) is 65.0 Å². The van der Waals surface area contributed by atoms with Crippen LogP contribution in [-0.4, -0.2) is 4.98 Å². The Morgan fingerprint density at radius 2 is 1.53 bits per heavy atom. The quantitative estimate of drug-likeness (QED) is 0.672. The lowest BCUT2D eigenvalue weighted by molar-refractivity contribution is 0.482. The summed E-state index contributed by atoms with van der Waals surface area (Å²) in [5.74, 6) is 1.69. The van der Waals surface area contributed by atoms with Crippen molar-refractivity contribution in [3.63, 3.8) is 0 Å². The predicted octanol–water partition coefficient (Wildman–Crippen LogP) is 4.91. The largest absolute Gasteiger partial charge is 0.457 e. The summed E-state index contributed by atoms with van der Waals surface area (Å²) < 4.78 is 5.79. The molecule has 19 heavy (non-hydrogen) atoms. The minimum absolute atomic E-state index is 0.836. The standard InChI is InChI=1S/C16H13NOS/c1-12-2-6-14(7-3-12)18-15-8-4-13(5-9-15)16-10-19-11-17-16/h2-11H,1H3. The number of nitrogens with zero attached hydrogens (tertiary/aromatic N) is 1. The molecular weight excluding hydrogens is 254 g/mol. The smallest absolute Gasteiger partial charge is 0.127 e. The molecule has 0 aliphatic carbocycles. The van der Waals surface area contributed by atoms with Gasteiger partial charge in [-0.25, -0.2) is 4.98 Å². The van der Waals surface area contributed by atoms with E-state index in [4.69, 9.17) is 4.74 Å². The zero-order chi connectivity index (χ0) is 13.1. The van der Waals surface area contributed by atoms with Crippen molar-refractivity contribution in [2.45, 2.75) is 6.92 Å². The molecule has 0 spiro atoms. The second kappa shape index (κ2) is 5.24. The molecule has 0 unspecified atom stereocenters. The van der Waals surface area contributed by atoms with E-state index in [1.807, 2.05) is 59.4 Å². The van der Waals surface area contributed by atoms with E-state index in [9.17, 15) is 0 Å². The minimum atomic E-state index is 0.836. The number of thiazole rings is 1. The van der Waals surface area contributed by atoms with Crippen molar-refractivity contribution >= 4 is 11.3 Å². The second-order valence-electron chi connectivity index (χ2n) is 4.31. The fraction of sp³-hybridized carbons (Fsp3) is 0.0625. The molecule has 0 saturated heterocycles. The molecule has 0 radical (unpaired) electrons. The van der Waals surface area contributed by atoms with Crippen LogP contribution in [0.4, 0.5) is 0 Å². The van der Waals surface area contributed by atoms with Crippen LogP contribution in [0.1, 0.15) is 5.56 Å². The Balaban J connectivity index is 1.77. The maximum Gasteiger partial charge on any atom is 0.127 e. The highest BCUT2D eigenvalue weighted by Crippen LogP contribution is 2.25. The highest BCUT2D eigenvalue weighted by Gasteiger charge is 2.01. The van der Waals surface area contributed by atoms with Gasteiger partial charge in [-0.1, -0.05) is 17.7 Å². The van der Waals surface area contributed by atoms with Crippen LogP contribution >= 0.6 is 11.3 Å². The SMILES string of the molecule is Cc1ccc(Oc2ccc(-c3cscn3)cc2)cc1. The molecular formula is C16H13NOS. The third-order valence-corrected chi connectivity index (χ3v) is 3.43. The van der Waals surface area contributed by atoms with E-state index in [1.54, 1.807) is 11.3 Å². The molecule has 0 saturated carbocycles. The van der Waals surface area contributed by atoms with Gasteiger partial charge in [0.1, 0.15) is 11.5 Å². The van der Waals surface area contributed by atoms with Crippen molar-refractivity contribution in [2.24, 2.45) is 0 Å². The number of benzene rings is 2. The third-order valence-electron chi connectivity index (χ3n) is 2.84. The molecule has 0 fully saturated rings. The molecule has 0 atom stereocenters. The number of aromatic nitrogens is 1. The van der Waals surface area contributed by atoms with E-state index in [0.29, 0.717) is 0 Å². The fourth-order valence-corrected chi connectivity index (χ4v) is 2.35. The molecule has 0 amide bonds. The highest BCUT2D eigenvalue weighted by molar-refractivity contribution is 7.07.